The van der Waals surface area contributed by atoms with Gasteiger partial charge in [0.15, 0.2) is 11.6 Å². The Morgan fingerprint density at radius 2 is 0.947 bits per heavy atom. The molecule has 0 saturated carbocycles. The molecule has 0 N–H and O–H groups in total. The smallest absolute Gasteiger partial charge is 0.196 e. The molecule has 0 heterocycles. The number of rotatable bonds is 11. The van der Waals surface area contributed by atoms with Crippen LogP contribution in [0.15, 0.2) is 121 Å². The van der Waals surface area contributed by atoms with Crippen LogP contribution in [0.4, 0.5) is 0 Å². The molecule has 2 atom stereocenters. The van der Waals surface area contributed by atoms with Gasteiger partial charge in [0.25, 0.3) is 0 Å². The summed E-state index contributed by atoms with van der Waals surface area (Å²) in [6.45, 7) is 6.50. The van der Waals surface area contributed by atoms with E-state index >= 15 is 0 Å². The molecule has 0 bridgehead atoms. The molecule has 2 unspecified atom stereocenters. The van der Waals surface area contributed by atoms with E-state index in [1.807, 2.05) is 142 Å². The molecule has 4 aromatic carbocycles. The number of carbonyl (C=O) groups is 2. The van der Waals surface area contributed by atoms with Gasteiger partial charge in [-0.05, 0) is 31.4 Å². The molecule has 4 rings (SSSR count). The minimum Gasteiger partial charge on any atom is -0.365 e. The highest BCUT2D eigenvalue weighted by Crippen LogP contribution is 2.24. The largest absolute Gasteiger partial charge is 0.365 e. The summed E-state index contributed by atoms with van der Waals surface area (Å²) >= 11 is 0. The normalized spacial score (nSPS) is 12.2. The lowest BCUT2D eigenvalue weighted by molar-refractivity contribution is 0.0114. The number of ether oxygens (including phenoxy) is 2. The van der Waals surface area contributed by atoms with E-state index in [-0.39, 0.29) is 17.7 Å². The van der Waals surface area contributed by atoms with Gasteiger partial charge in [0.05, 0.1) is 6.10 Å². The van der Waals surface area contributed by atoms with Gasteiger partial charge in [-0.1, -0.05) is 128 Å². The van der Waals surface area contributed by atoms with Crippen LogP contribution in [0, 0.1) is 0 Å². The van der Waals surface area contributed by atoms with Crippen LogP contribution in [0.5, 0.6) is 0 Å². The average Bonchev–Trinajstić information content (AvgIpc) is 2.98. The highest BCUT2D eigenvalue weighted by Gasteiger charge is 2.24. The van der Waals surface area contributed by atoms with Crippen molar-refractivity contribution in [2.75, 3.05) is 6.61 Å². The summed E-state index contributed by atoms with van der Waals surface area (Å²) < 4.78 is 11.5. The second-order valence-corrected chi connectivity index (χ2v) is 9.10. The summed E-state index contributed by atoms with van der Waals surface area (Å²) in [4.78, 5) is 25.1. The molecule has 4 aromatic rings. The van der Waals surface area contributed by atoms with Crippen LogP contribution in [0.2, 0.25) is 0 Å². The van der Waals surface area contributed by atoms with E-state index in [4.69, 9.17) is 9.47 Å². The minimum atomic E-state index is -0.538. The van der Waals surface area contributed by atoms with Gasteiger partial charge >= 0.3 is 0 Å². The summed E-state index contributed by atoms with van der Waals surface area (Å²) in [6, 6.07) is 37.9. The second kappa shape index (κ2) is 15.4. The van der Waals surface area contributed by atoms with Crippen LogP contribution in [0.1, 0.15) is 71.2 Å². The Labute approximate surface area is 226 Å². The number of hydrogen-bond donors (Lipinski definition) is 0. The van der Waals surface area contributed by atoms with Crippen molar-refractivity contribution in [3.05, 3.63) is 144 Å². The van der Waals surface area contributed by atoms with Crippen molar-refractivity contribution in [3.8, 4) is 0 Å². The second-order valence-electron chi connectivity index (χ2n) is 9.10. The first-order chi connectivity index (χ1) is 18.5. The van der Waals surface area contributed by atoms with Crippen molar-refractivity contribution in [1.29, 1.82) is 0 Å². The Hall–Kier alpha value is -3.86. The summed E-state index contributed by atoms with van der Waals surface area (Å²) in [7, 11) is 0. The van der Waals surface area contributed by atoms with E-state index in [2.05, 4.69) is 0 Å². The fourth-order valence-electron chi connectivity index (χ4n) is 3.89. The van der Waals surface area contributed by atoms with E-state index < -0.39 is 12.2 Å². The highest BCUT2D eigenvalue weighted by molar-refractivity contribution is 6.00. The quantitative estimate of drug-likeness (QED) is 0.192. The van der Waals surface area contributed by atoms with Crippen LogP contribution in [0.25, 0.3) is 0 Å². The van der Waals surface area contributed by atoms with Gasteiger partial charge in [0.1, 0.15) is 12.2 Å². The molecule has 0 fully saturated rings. The molecule has 0 radical (unpaired) electrons. The predicted molar refractivity (Wildman–Crippen MR) is 152 cm³/mol. The first kappa shape index (κ1) is 28.7. The van der Waals surface area contributed by atoms with Gasteiger partial charge in [-0.3, -0.25) is 9.59 Å². The molecule has 0 aromatic heterocycles. The zero-order valence-corrected chi connectivity index (χ0v) is 22.3. The van der Waals surface area contributed by atoms with E-state index in [0.717, 1.165) is 17.5 Å². The van der Waals surface area contributed by atoms with Crippen molar-refractivity contribution < 1.29 is 19.1 Å². The Bertz CT molecular complexity index is 1220. The third-order valence-corrected chi connectivity index (χ3v) is 5.69. The van der Waals surface area contributed by atoms with Gasteiger partial charge in [-0.25, -0.2) is 0 Å². The zero-order valence-electron chi connectivity index (χ0n) is 22.3. The first-order valence-corrected chi connectivity index (χ1v) is 13.1. The van der Waals surface area contributed by atoms with Gasteiger partial charge in [0, 0.05) is 17.7 Å². The van der Waals surface area contributed by atoms with Crippen LogP contribution in [-0.4, -0.2) is 24.3 Å². The maximum atomic E-state index is 12.6. The van der Waals surface area contributed by atoms with E-state index in [1.54, 1.807) is 0 Å². The maximum Gasteiger partial charge on any atom is 0.196 e. The number of ketones is 2. The molecular formula is C34H36O4. The number of hydrogen-bond acceptors (Lipinski definition) is 4. The fraction of sp³-hybridized carbons (Fsp3) is 0.235. The topological polar surface area (TPSA) is 52.6 Å². The molecule has 0 spiro atoms. The minimum absolute atomic E-state index is 0.000463. The van der Waals surface area contributed by atoms with Crippen molar-refractivity contribution in [2.45, 2.75) is 45.5 Å². The standard InChI is InChI=1S/2C17H18O2/c1-13(2)19-17(15-11-7-4-8-12-15)16(18)14-9-5-3-6-10-14;1-2-13-19-17(15-11-7-4-8-12-15)16(18)14-9-5-3-6-10-14/h3-13,17H,1-2H3;3-12,17H,2,13H2,1H3. The van der Waals surface area contributed by atoms with Crippen molar-refractivity contribution >= 4 is 11.6 Å². The van der Waals surface area contributed by atoms with E-state index in [1.165, 1.54) is 0 Å². The van der Waals surface area contributed by atoms with Crippen LogP contribution < -0.4 is 0 Å². The lowest BCUT2D eigenvalue weighted by Crippen LogP contribution is -2.19. The highest BCUT2D eigenvalue weighted by atomic mass is 16.5. The zero-order chi connectivity index (χ0) is 27.2. The molecule has 0 amide bonds. The van der Waals surface area contributed by atoms with Crippen LogP contribution in [-0.2, 0) is 9.47 Å². The Morgan fingerprint density at radius 1 is 0.579 bits per heavy atom. The number of benzene rings is 4. The third-order valence-electron chi connectivity index (χ3n) is 5.69. The molecule has 0 aliphatic heterocycles. The number of Topliss-reactive ketones (excluding diaryl/α,β-unsaturated/α-hetero) is 2. The maximum absolute atomic E-state index is 12.6. The molecule has 4 nitrogen and oxygen atoms in total. The third kappa shape index (κ3) is 8.62. The van der Waals surface area contributed by atoms with Crippen molar-refractivity contribution in [1.82, 2.24) is 0 Å². The Kier molecular flexibility index (Phi) is 11.6. The molecule has 0 saturated heterocycles. The molecule has 0 aliphatic rings. The number of carbonyl (C=O) groups excluding carboxylic acids is 2. The Balaban J connectivity index is 0.000000211. The molecule has 38 heavy (non-hydrogen) atoms. The van der Waals surface area contributed by atoms with Gasteiger partial charge in [-0.15, -0.1) is 0 Å². The lowest BCUT2D eigenvalue weighted by atomic mass is 9.99. The van der Waals surface area contributed by atoms with Crippen molar-refractivity contribution in [3.63, 3.8) is 0 Å². The van der Waals surface area contributed by atoms with E-state index in [0.29, 0.717) is 17.7 Å². The molecule has 196 valence electrons. The monoisotopic (exact) mass is 508 g/mol. The van der Waals surface area contributed by atoms with Crippen LogP contribution >= 0.6 is 0 Å². The average molecular weight is 509 g/mol. The predicted octanol–water partition coefficient (Wildman–Crippen LogP) is 8.07. The van der Waals surface area contributed by atoms with Gasteiger partial charge in [0.2, 0.25) is 0 Å². The van der Waals surface area contributed by atoms with Gasteiger partial charge < -0.3 is 9.47 Å². The molecule has 0 aliphatic carbocycles. The van der Waals surface area contributed by atoms with E-state index in [9.17, 15) is 9.59 Å². The van der Waals surface area contributed by atoms with Gasteiger partial charge in [-0.2, -0.15) is 0 Å². The summed E-state index contributed by atoms with van der Waals surface area (Å²) in [6.07, 6.45) is -0.157. The van der Waals surface area contributed by atoms with Crippen LogP contribution in [0.3, 0.4) is 0 Å². The Morgan fingerprint density at radius 3 is 1.34 bits per heavy atom. The summed E-state index contributed by atoms with van der Waals surface area (Å²) in [5.74, 6) is 0.0146. The SMILES string of the molecule is CC(C)OC(C(=O)c1ccccc1)c1ccccc1.CCCOC(C(=O)c1ccccc1)c1ccccc1. The fourth-order valence-corrected chi connectivity index (χ4v) is 3.89. The summed E-state index contributed by atoms with van der Waals surface area (Å²) in [5.41, 5.74) is 3.17. The molecule has 4 heteroatoms. The summed E-state index contributed by atoms with van der Waals surface area (Å²) in [5, 5.41) is 0. The first-order valence-electron chi connectivity index (χ1n) is 13.1. The van der Waals surface area contributed by atoms with Crippen molar-refractivity contribution in [2.24, 2.45) is 0 Å². The lowest BCUT2D eigenvalue weighted by Gasteiger charge is -2.19. The molecular weight excluding hydrogens is 472 g/mol.